The van der Waals surface area contributed by atoms with E-state index in [2.05, 4.69) is 9.97 Å². The van der Waals surface area contributed by atoms with Crippen LogP contribution in [-0.2, 0) is 32.7 Å². The number of hydrogen-bond donors (Lipinski definition) is 2. The van der Waals surface area contributed by atoms with Gasteiger partial charge in [0.25, 0.3) is 5.56 Å². The van der Waals surface area contributed by atoms with Gasteiger partial charge >= 0.3 is 0 Å². The fourth-order valence-electron chi connectivity index (χ4n) is 0.720. The maximum Gasteiger partial charge on any atom is 0.293 e. The summed E-state index contributed by atoms with van der Waals surface area (Å²) in [6, 6.07) is 0. The minimum absolute atomic E-state index is 0. The van der Waals surface area contributed by atoms with Gasteiger partial charge in [0.1, 0.15) is 5.82 Å². The molecule has 0 aliphatic rings. The topological polar surface area (TPSA) is 66.0 Å². The molecule has 0 saturated carbocycles. The van der Waals surface area contributed by atoms with Crippen molar-refractivity contribution in [2.75, 3.05) is 0 Å². The van der Waals surface area contributed by atoms with Gasteiger partial charge in [-0.3, -0.25) is 4.79 Å². The Bertz CT molecular complexity index is 308. The molecule has 57 valence electrons. The first-order valence-corrected chi connectivity index (χ1v) is 2.87. The van der Waals surface area contributed by atoms with Crippen LogP contribution in [0.2, 0.25) is 0 Å². The molecule has 1 radical (unpaired) electrons. The summed E-state index contributed by atoms with van der Waals surface area (Å²) in [6.07, 6.45) is 0. The molecule has 1 heterocycles. The van der Waals surface area contributed by atoms with Gasteiger partial charge in [-0.25, -0.2) is 4.98 Å². The predicted molar refractivity (Wildman–Crippen MR) is 36.0 cm³/mol. The van der Waals surface area contributed by atoms with E-state index < -0.39 is 5.56 Å². The van der Waals surface area contributed by atoms with Crippen molar-refractivity contribution in [3.05, 3.63) is 21.9 Å². The fourth-order valence-corrected chi connectivity index (χ4v) is 0.720. The number of aromatic amines is 1. The zero-order valence-electron chi connectivity index (χ0n) is 6.38. The van der Waals surface area contributed by atoms with Crippen LogP contribution in [-0.4, -0.2) is 15.1 Å². The third-order valence-electron chi connectivity index (χ3n) is 1.19. The van der Waals surface area contributed by atoms with E-state index in [0.717, 1.165) is 0 Å². The third kappa shape index (κ3) is 2.38. The quantitative estimate of drug-likeness (QED) is 0.662. The number of aryl methyl sites for hydroxylation is 2. The van der Waals surface area contributed by atoms with Crippen LogP contribution in [0.25, 0.3) is 0 Å². The largest absolute Gasteiger partial charge is 0.502 e. The molecule has 0 spiro atoms. The van der Waals surface area contributed by atoms with Crippen molar-refractivity contribution >= 4 is 0 Å². The van der Waals surface area contributed by atoms with E-state index in [1.165, 1.54) is 0 Å². The van der Waals surface area contributed by atoms with Crippen molar-refractivity contribution in [2.45, 2.75) is 13.8 Å². The summed E-state index contributed by atoms with van der Waals surface area (Å²) in [6.45, 7) is 3.24. The second kappa shape index (κ2) is 3.97. The summed E-state index contributed by atoms with van der Waals surface area (Å²) in [4.78, 5) is 16.9. The summed E-state index contributed by atoms with van der Waals surface area (Å²) in [5, 5.41) is 8.92. The van der Waals surface area contributed by atoms with Gasteiger partial charge in [-0.2, -0.15) is 0 Å². The van der Waals surface area contributed by atoms with E-state index in [1.54, 1.807) is 13.8 Å². The molecule has 0 aliphatic heterocycles. The molecule has 11 heavy (non-hydrogen) atoms. The van der Waals surface area contributed by atoms with E-state index in [4.69, 9.17) is 5.11 Å². The Hall–Kier alpha value is -0.216. The molecule has 0 aromatic carbocycles. The van der Waals surface area contributed by atoms with Gasteiger partial charge in [-0.05, 0) is 13.8 Å². The van der Waals surface area contributed by atoms with Crippen LogP contribution in [0.15, 0.2) is 4.79 Å². The first-order chi connectivity index (χ1) is 4.61. The number of rotatable bonds is 0. The smallest absolute Gasteiger partial charge is 0.293 e. The molecule has 0 atom stereocenters. The molecule has 4 nitrogen and oxygen atoms in total. The Balaban J connectivity index is 0.000001000. The van der Waals surface area contributed by atoms with Gasteiger partial charge in [0, 0.05) is 32.7 Å². The minimum atomic E-state index is -0.481. The Kier molecular flexibility index (Phi) is 3.90. The number of aromatic nitrogens is 2. The van der Waals surface area contributed by atoms with E-state index in [1.807, 2.05) is 0 Å². The molecule has 0 aliphatic carbocycles. The average Bonchev–Trinajstić information content (AvgIpc) is 1.82. The van der Waals surface area contributed by atoms with E-state index in [9.17, 15) is 4.79 Å². The number of nitrogens with one attached hydrogen (secondary N) is 1. The van der Waals surface area contributed by atoms with E-state index in [0.29, 0.717) is 11.5 Å². The number of nitrogens with zero attached hydrogens (tertiary/aromatic N) is 1. The summed E-state index contributed by atoms with van der Waals surface area (Å²) < 4.78 is 0. The fraction of sp³-hybridized carbons (Fsp3) is 0.333. The van der Waals surface area contributed by atoms with Crippen LogP contribution in [0.1, 0.15) is 11.5 Å². The maximum atomic E-state index is 10.7. The van der Waals surface area contributed by atoms with E-state index in [-0.39, 0.29) is 38.5 Å². The van der Waals surface area contributed by atoms with Crippen molar-refractivity contribution in [2.24, 2.45) is 0 Å². The minimum Gasteiger partial charge on any atom is -0.502 e. The molecular weight excluding hydrogens is 221 g/mol. The van der Waals surface area contributed by atoms with Crippen molar-refractivity contribution < 1.29 is 37.8 Å². The van der Waals surface area contributed by atoms with Gasteiger partial charge in [0.15, 0.2) is 0 Å². The zero-order valence-corrected chi connectivity index (χ0v) is 9.22. The Morgan fingerprint density at radius 1 is 1.45 bits per heavy atom. The first kappa shape index (κ1) is 10.8. The third-order valence-corrected chi connectivity index (χ3v) is 1.19. The molecule has 1 aromatic heterocycles. The van der Waals surface area contributed by atoms with Crippen LogP contribution in [0.5, 0.6) is 5.75 Å². The van der Waals surface area contributed by atoms with Gasteiger partial charge < -0.3 is 10.1 Å². The van der Waals surface area contributed by atoms with Crippen LogP contribution in [0, 0.1) is 13.8 Å². The monoisotopic (exact) mass is 229 g/mol. The van der Waals surface area contributed by atoms with Crippen LogP contribution < -0.4 is 5.56 Å². The molecule has 2 N–H and O–H groups in total. The molecule has 0 fully saturated rings. The Labute approximate surface area is 88.9 Å². The summed E-state index contributed by atoms with van der Waals surface area (Å²) in [5.41, 5.74) is -0.119. The van der Waals surface area contributed by atoms with E-state index >= 15 is 0 Å². The summed E-state index contributed by atoms with van der Waals surface area (Å²) in [7, 11) is 0. The zero-order chi connectivity index (χ0) is 7.72. The molecular formula is C6H8N2O2Y. The molecule has 5 heteroatoms. The molecule has 1 rings (SSSR count). The molecule has 0 saturated heterocycles. The summed E-state index contributed by atoms with van der Waals surface area (Å²) in [5.74, 6) is 0.214. The van der Waals surface area contributed by atoms with Crippen molar-refractivity contribution in [3.63, 3.8) is 0 Å². The van der Waals surface area contributed by atoms with Gasteiger partial charge in [-0.15, -0.1) is 0 Å². The average molecular weight is 229 g/mol. The SMILES string of the molecule is Cc1nc(C)c(O)c(=O)[nH]1.[Y]. The number of hydrogen-bond acceptors (Lipinski definition) is 3. The number of H-pyrrole nitrogens is 1. The Morgan fingerprint density at radius 2 is 2.00 bits per heavy atom. The molecule has 0 amide bonds. The van der Waals surface area contributed by atoms with Crippen molar-refractivity contribution in [1.82, 2.24) is 9.97 Å². The van der Waals surface area contributed by atoms with Crippen LogP contribution in [0.3, 0.4) is 0 Å². The van der Waals surface area contributed by atoms with Crippen molar-refractivity contribution in [1.29, 1.82) is 0 Å². The Morgan fingerprint density at radius 3 is 2.45 bits per heavy atom. The molecule has 1 aromatic rings. The maximum absolute atomic E-state index is 10.7. The first-order valence-electron chi connectivity index (χ1n) is 2.87. The van der Waals surface area contributed by atoms with Gasteiger partial charge in [0.2, 0.25) is 5.75 Å². The van der Waals surface area contributed by atoms with Crippen LogP contribution in [0.4, 0.5) is 0 Å². The number of aromatic hydroxyl groups is 1. The second-order valence-corrected chi connectivity index (χ2v) is 2.09. The van der Waals surface area contributed by atoms with Crippen molar-refractivity contribution in [3.8, 4) is 5.75 Å². The normalized spacial score (nSPS) is 8.91. The standard InChI is InChI=1S/C6H8N2O2.Y/c1-3-5(9)6(10)8-4(2)7-3;/h9H,1-2H3,(H,7,8,10);. The predicted octanol–water partition coefficient (Wildman–Crippen LogP) is 0.0898. The van der Waals surface area contributed by atoms with Crippen LogP contribution >= 0.6 is 0 Å². The summed E-state index contributed by atoms with van der Waals surface area (Å²) >= 11 is 0. The molecule has 0 unspecified atom stereocenters. The van der Waals surface area contributed by atoms with Gasteiger partial charge in [0.05, 0.1) is 5.69 Å². The second-order valence-electron chi connectivity index (χ2n) is 2.09. The molecule has 0 bridgehead atoms. The van der Waals surface area contributed by atoms with Gasteiger partial charge in [-0.1, -0.05) is 0 Å².